The molecule has 1 atom stereocenters. The van der Waals surface area contributed by atoms with Crippen LogP contribution in [0.3, 0.4) is 0 Å². The standard InChI is InChI=1S/C17H17NO4S/c19-16(15-14-13(10-23-15)21-8-9-22-14)18-7-6-17(20,11-18)12-4-2-1-3-5-12/h1-5,10,20H,6-9,11H2. The number of likely N-dealkylation sites (tertiary alicyclic amines) is 1. The quantitative estimate of drug-likeness (QED) is 0.917. The molecule has 0 radical (unpaired) electrons. The molecule has 2 aliphatic rings. The van der Waals surface area contributed by atoms with Gasteiger partial charge in [-0.1, -0.05) is 30.3 Å². The Morgan fingerprint density at radius 2 is 2.00 bits per heavy atom. The van der Waals surface area contributed by atoms with Gasteiger partial charge in [-0.3, -0.25) is 4.79 Å². The van der Waals surface area contributed by atoms with Gasteiger partial charge in [0.1, 0.15) is 23.7 Å². The van der Waals surface area contributed by atoms with Gasteiger partial charge in [-0.25, -0.2) is 0 Å². The Kier molecular flexibility index (Phi) is 3.50. The molecule has 1 fully saturated rings. The van der Waals surface area contributed by atoms with Gasteiger partial charge in [-0.05, 0) is 12.0 Å². The minimum atomic E-state index is -0.981. The first kappa shape index (κ1) is 14.5. The zero-order chi connectivity index (χ0) is 15.9. The number of nitrogens with zero attached hydrogens (tertiary/aromatic N) is 1. The third-order valence-electron chi connectivity index (χ3n) is 4.34. The first-order valence-electron chi connectivity index (χ1n) is 7.62. The van der Waals surface area contributed by atoms with Gasteiger partial charge in [0, 0.05) is 11.9 Å². The fraction of sp³-hybridized carbons (Fsp3) is 0.353. The summed E-state index contributed by atoms with van der Waals surface area (Å²) in [4.78, 5) is 15.0. The zero-order valence-electron chi connectivity index (χ0n) is 12.5. The molecule has 5 nitrogen and oxygen atoms in total. The van der Waals surface area contributed by atoms with Gasteiger partial charge in [0.2, 0.25) is 0 Å². The van der Waals surface area contributed by atoms with Crippen LogP contribution in [0.5, 0.6) is 11.5 Å². The van der Waals surface area contributed by atoms with E-state index in [-0.39, 0.29) is 5.91 Å². The molecule has 1 saturated heterocycles. The van der Waals surface area contributed by atoms with Crippen molar-refractivity contribution in [2.45, 2.75) is 12.0 Å². The van der Waals surface area contributed by atoms with E-state index in [9.17, 15) is 9.90 Å². The summed E-state index contributed by atoms with van der Waals surface area (Å²) in [5.41, 5.74) is -0.130. The van der Waals surface area contributed by atoms with Crippen molar-refractivity contribution >= 4 is 17.2 Å². The number of fused-ring (bicyclic) bond motifs is 1. The van der Waals surface area contributed by atoms with Crippen LogP contribution in [0, 0.1) is 0 Å². The van der Waals surface area contributed by atoms with Crippen LogP contribution in [0.4, 0.5) is 0 Å². The molecular formula is C17H17NO4S. The van der Waals surface area contributed by atoms with Crippen LogP contribution in [0.25, 0.3) is 0 Å². The number of hydrogen-bond acceptors (Lipinski definition) is 5. The van der Waals surface area contributed by atoms with Crippen LogP contribution in [-0.4, -0.2) is 42.2 Å². The molecule has 4 rings (SSSR count). The molecule has 1 N–H and O–H groups in total. The van der Waals surface area contributed by atoms with E-state index in [0.717, 1.165) is 5.56 Å². The highest BCUT2D eigenvalue weighted by atomic mass is 32.1. The molecule has 0 spiro atoms. The number of ether oxygens (including phenoxy) is 2. The SMILES string of the molecule is O=C(c1scc2c1OCCO2)N1CCC(O)(c2ccccc2)C1. The van der Waals surface area contributed by atoms with E-state index in [4.69, 9.17) is 9.47 Å². The summed E-state index contributed by atoms with van der Waals surface area (Å²) in [7, 11) is 0. The van der Waals surface area contributed by atoms with Crippen LogP contribution >= 0.6 is 11.3 Å². The highest BCUT2D eigenvalue weighted by Gasteiger charge is 2.41. The van der Waals surface area contributed by atoms with Gasteiger partial charge in [0.05, 0.1) is 6.54 Å². The number of carbonyl (C=O) groups is 1. The van der Waals surface area contributed by atoms with E-state index in [1.54, 1.807) is 10.3 Å². The fourth-order valence-corrected chi connectivity index (χ4v) is 4.00. The van der Waals surface area contributed by atoms with Crippen LogP contribution in [0.1, 0.15) is 21.7 Å². The van der Waals surface area contributed by atoms with Crippen LogP contribution < -0.4 is 9.47 Å². The number of thiophene rings is 1. The summed E-state index contributed by atoms with van der Waals surface area (Å²) >= 11 is 1.33. The summed E-state index contributed by atoms with van der Waals surface area (Å²) < 4.78 is 11.1. The van der Waals surface area contributed by atoms with Crippen molar-refractivity contribution in [3.63, 3.8) is 0 Å². The Morgan fingerprint density at radius 1 is 1.22 bits per heavy atom. The third-order valence-corrected chi connectivity index (χ3v) is 5.27. The summed E-state index contributed by atoms with van der Waals surface area (Å²) in [6, 6.07) is 9.52. The lowest BCUT2D eigenvalue weighted by atomic mass is 9.93. The highest BCUT2D eigenvalue weighted by molar-refractivity contribution is 7.12. The molecule has 0 bridgehead atoms. The Morgan fingerprint density at radius 3 is 2.83 bits per heavy atom. The van der Waals surface area contributed by atoms with E-state index in [1.807, 2.05) is 30.3 Å². The first-order valence-corrected chi connectivity index (χ1v) is 8.50. The predicted octanol–water partition coefficient (Wildman–Crippen LogP) is 2.25. The van der Waals surface area contributed by atoms with Crippen molar-refractivity contribution in [1.29, 1.82) is 0 Å². The number of amides is 1. The Balaban J connectivity index is 1.56. The Labute approximate surface area is 138 Å². The zero-order valence-corrected chi connectivity index (χ0v) is 13.3. The minimum Gasteiger partial charge on any atom is -0.485 e. The molecule has 2 aliphatic heterocycles. The van der Waals surface area contributed by atoms with Crippen LogP contribution in [-0.2, 0) is 5.60 Å². The molecule has 1 aromatic carbocycles. The number of hydrogen-bond donors (Lipinski definition) is 1. The van der Waals surface area contributed by atoms with Crippen molar-refractivity contribution in [3.8, 4) is 11.5 Å². The smallest absolute Gasteiger partial charge is 0.268 e. The lowest BCUT2D eigenvalue weighted by molar-refractivity contribution is 0.0417. The molecular weight excluding hydrogens is 314 g/mol. The molecule has 1 unspecified atom stereocenters. The normalized spacial score (nSPS) is 23.1. The number of carbonyl (C=O) groups excluding carboxylic acids is 1. The largest absolute Gasteiger partial charge is 0.485 e. The first-order chi connectivity index (χ1) is 11.2. The maximum atomic E-state index is 12.8. The molecule has 23 heavy (non-hydrogen) atoms. The minimum absolute atomic E-state index is 0.103. The van der Waals surface area contributed by atoms with E-state index in [1.165, 1.54) is 11.3 Å². The van der Waals surface area contributed by atoms with Gasteiger partial charge >= 0.3 is 0 Å². The molecule has 1 aromatic heterocycles. The average molecular weight is 331 g/mol. The summed E-state index contributed by atoms with van der Waals surface area (Å²) in [6.45, 7) is 1.79. The molecule has 120 valence electrons. The van der Waals surface area contributed by atoms with Gasteiger partial charge in [-0.2, -0.15) is 0 Å². The average Bonchev–Trinajstić information content (AvgIpc) is 3.20. The molecule has 3 heterocycles. The molecule has 1 amide bonds. The second-order valence-corrected chi connectivity index (χ2v) is 6.71. The van der Waals surface area contributed by atoms with E-state index in [0.29, 0.717) is 49.1 Å². The number of benzene rings is 1. The van der Waals surface area contributed by atoms with Crippen molar-refractivity contribution in [1.82, 2.24) is 4.90 Å². The monoisotopic (exact) mass is 331 g/mol. The van der Waals surface area contributed by atoms with Crippen molar-refractivity contribution in [2.75, 3.05) is 26.3 Å². The fourth-order valence-electron chi connectivity index (χ4n) is 3.11. The topological polar surface area (TPSA) is 59.0 Å². The highest BCUT2D eigenvalue weighted by Crippen LogP contribution is 2.41. The third kappa shape index (κ3) is 2.48. The van der Waals surface area contributed by atoms with Gasteiger partial charge in [0.15, 0.2) is 11.5 Å². The molecule has 6 heteroatoms. The summed E-state index contributed by atoms with van der Waals surface area (Å²) in [5, 5.41) is 12.7. The van der Waals surface area contributed by atoms with Crippen LogP contribution in [0.2, 0.25) is 0 Å². The van der Waals surface area contributed by atoms with Gasteiger partial charge in [0.25, 0.3) is 5.91 Å². The predicted molar refractivity (Wildman–Crippen MR) is 86.2 cm³/mol. The maximum Gasteiger partial charge on any atom is 0.268 e. The van der Waals surface area contributed by atoms with E-state index >= 15 is 0 Å². The summed E-state index contributed by atoms with van der Waals surface area (Å²) in [5.74, 6) is 1.08. The van der Waals surface area contributed by atoms with Gasteiger partial charge in [-0.15, -0.1) is 11.3 Å². The molecule has 0 saturated carbocycles. The maximum absolute atomic E-state index is 12.8. The number of β-amino-alcohol motifs (C(OH)–C–C–N with tert-alkyl or cyclic N) is 1. The van der Waals surface area contributed by atoms with E-state index in [2.05, 4.69) is 0 Å². The van der Waals surface area contributed by atoms with Crippen molar-refractivity contribution in [3.05, 3.63) is 46.2 Å². The number of rotatable bonds is 2. The Bertz CT molecular complexity index is 729. The van der Waals surface area contributed by atoms with Crippen LogP contribution in [0.15, 0.2) is 35.7 Å². The second-order valence-electron chi connectivity index (χ2n) is 5.83. The number of aliphatic hydroxyl groups is 1. The molecule has 2 aromatic rings. The Hall–Kier alpha value is -2.05. The molecule has 0 aliphatic carbocycles. The van der Waals surface area contributed by atoms with Crippen molar-refractivity contribution < 1.29 is 19.4 Å². The van der Waals surface area contributed by atoms with Crippen molar-refractivity contribution in [2.24, 2.45) is 0 Å². The van der Waals surface area contributed by atoms with E-state index < -0.39 is 5.60 Å². The van der Waals surface area contributed by atoms with Gasteiger partial charge < -0.3 is 19.5 Å². The lowest BCUT2D eigenvalue weighted by Gasteiger charge is -2.24. The lowest BCUT2D eigenvalue weighted by Crippen LogP contribution is -2.34. The summed E-state index contributed by atoms with van der Waals surface area (Å²) in [6.07, 6.45) is 0.535. The second kappa shape index (κ2) is 5.54.